The van der Waals surface area contributed by atoms with Crippen molar-refractivity contribution in [1.29, 1.82) is 0 Å². The first-order valence-corrected chi connectivity index (χ1v) is 6.62. The van der Waals surface area contributed by atoms with Crippen LogP contribution in [0.2, 0.25) is 0 Å². The summed E-state index contributed by atoms with van der Waals surface area (Å²) in [6.45, 7) is 1.91. The van der Waals surface area contributed by atoms with Crippen LogP contribution in [0.5, 0.6) is 0 Å². The van der Waals surface area contributed by atoms with Crippen molar-refractivity contribution in [2.45, 2.75) is 18.9 Å². The molecule has 3 heteroatoms. The molecule has 0 amide bonds. The first-order valence-electron chi connectivity index (χ1n) is 5.83. The summed E-state index contributed by atoms with van der Waals surface area (Å²) in [4.78, 5) is 0. The summed E-state index contributed by atoms with van der Waals surface area (Å²) in [5.74, 6) is 0.591. The summed E-state index contributed by atoms with van der Waals surface area (Å²) in [5.41, 5.74) is 1.29. The van der Waals surface area contributed by atoms with E-state index < -0.39 is 0 Å². The predicted molar refractivity (Wildman–Crippen MR) is 69.5 cm³/mol. The Morgan fingerprint density at radius 3 is 3.12 bits per heavy atom. The Morgan fingerprint density at radius 1 is 1.50 bits per heavy atom. The number of nitrogens with one attached hydrogen (secondary N) is 1. The van der Waals surface area contributed by atoms with Crippen molar-refractivity contribution in [3.8, 4) is 0 Å². The fourth-order valence-corrected chi connectivity index (χ4v) is 2.78. The number of hydrogen-bond acceptors (Lipinski definition) is 2. The van der Waals surface area contributed by atoms with Gasteiger partial charge in [-0.3, -0.25) is 0 Å². The van der Waals surface area contributed by atoms with Crippen LogP contribution in [0.25, 0.3) is 0 Å². The average Bonchev–Trinajstić information content (AvgIpc) is 2.30. The van der Waals surface area contributed by atoms with E-state index in [1.54, 1.807) is 0 Å². The molecule has 0 spiro atoms. The molecular weight excluding hydrogens is 266 g/mol. The van der Waals surface area contributed by atoms with E-state index in [1.165, 1.54) is 18.4 Å². The molecule has 1 aliphatic heterocycles. The second kappa shape index (κ2) is 5.80. The van der Waals surface area contributed by atoms with Crippen molar-refractivity contribution in [3.63, 3.8) is 0 Å². The molecule has 2 nitrogen and oxygen atoms in total. The fraction of sp³-hybridized carbons (Fsp3) is 0.538. The van der Waals surface area contributed by atoms with Gasteiger partial charge in [-0.05, 0) is 37.6 Å². The second-order valence-electron chi connectivity index (χ2n) is 4.31. The zero-order chi connectivity index (χ0) is 11.4. The van der Waals surface area contributed by atoms with Gasteiger partial charge in [0.2, 0.25) is 0 Å². The SMILES string of the molecule is CNCC1CCCOC1c1cccc(Br)c1. The molecule has 1 N–H and O–H groups in total. The Balaban J connectivity index is 2.16. The molecule has 1 aliphatic rings. The summed E-state index contributed by atoms with van der Waals surface area (Å²) < 4.78 is 7.05. The minimum Gasteiger partial charge on any atom is -0.373 e. The Hall–Kier alpha value is -0.380. The minimum atomic E-state index is 0.249. The smallest absolute Gasteiger partial charge is 0.0865 e. The van der Waals surface area contributed by atoms with Gasteiger partial charge < -0.3 is 10.1 Å². The number of halogens is 1. The van der Waals surface area contributed by atoms with Crippen LogP contribution in [0.1, 0.15) is 24.5 Å². The van der Waals surface area contributed by atoms with E-state index >= 15 is 0 Å². The topological polar surface area (TPSA) is 21.3 Å². The van der Waals surface area contributed by atoms with Gasteiger partial charge in [-0.1, -0.05) is 28.1 Å². The molecule has 0 bridgehead atoms. The normalized spacial score (nSPS) is 25.6. The molecule has 2 rings (SSSR count). The van der Waals surface area contributed by atoms with Gasteiger partial charge in [0.1, 0.15) is 0 Å². The average molecular weight is 284 g/mol. The van der Waals surface area contributed by atoms with E-state index in [2.05, 4.69) is 45.5 Å². The van der Waals surface area contributed by atoms with Gasteiger partial charge in [0.05, 0.1) is 6.10 Å². The van der Waals surface area contributed by atoms with Crippen LogP contribution in [-0.2, 0) is 4.74 Å². The van der Waals surface area contributed by atoms with Gasteiger partial charge in [-0.2, -0.15) is 0 Å². The third kappa shape index (κ3) is 2.84. The third-order valence-electron chi connectivity index (χ3n) is 3.09. The van der Waals surface area contributed by atoms with E-state index in [4.69, 9.17) is 4.74 Å². The van der Waals surface area contributed by atoms with Crippen molar-refractivity contribution >= 4 is 15.9 Å². The van der Waals surface area contributed by atoms with E-state index in [1.807, 2.05) is 7.05 Å². The lowest BCUT2D eigenvalue weighted by molar-refractivity contribution is -0.0272. The highest BCUT2D eigenvalue weighted by Gasteiger charge is 2.26. The zero-order valence-corrected chi connectivity index (χ0v) is 11.2. The van der Waals surface area contributed by atoms with Crippen molar-refractivity contribution < 1.29 is 4.74 Å². The molecule has 1 saturated heterocycles. The molecule has 0 radical (unpaired) electrons. The molecule has 1 fully saturated rings. The van der Waals surface area contributed by atoms with E-state index in [-0.39, 0.29) is 6.10 Å². The Labute approximate surface area is 106 Å². The van der Waals surface area contributed by atoms with Gasteiger partial charge in [-0.15, -0.1) is 0 Å². The molecule has 2 unspecified atom stereocenters. The Kier molecular flexibility index (Phi) is 4.38. The molecule has 1 heterocycles. The summed E-state index contributed by atoms with van der Waals surface area (Å²) in [6, 6.07) is 8.45. The largest absolute Gasteiger partial charge is 0.373 e. The first-order chi connectivity index (χ1) is 7.81. The highest BCUT2D eigenvalue weighted by atomic mass is 79.9. The minimum absolute atomic E-state index is 0.249. The quantitative estimate of drug-likeness (QED) is 0.920. The van der Waals surface area contributed by atoms with Crippen LogP contribution < -0.4 is 5.32 Å². The predicted octanol–water partition coefficient (Wildman–Crippen LogP) is 3.14. The summed E-state index contributed by atoms with van der Waals surface area (Å²) in [6.07, 6.45) is 2.67. The lowest BCUT2D eigenvalue weighted by atomic mass is 9.89. The second-order valence-corrected chi connectivity index (χ2v) is 5.22. The van der Waals surface area contributed by atoms with Crippen LogP contribution in [0.3, 0.4) is 0 Å². The monoisotopic (exact) mass is 283 g/mol. The van der Waals surface area contributed by atoms with Gasteiger partial charge >= 0.3 is 0 Å². The van der Waals surface area contributed by atoms with Crippen molar-refractivity contribution in [3.05, 3.63) is 34.3 Å². The molecule has 2 atom stereocenters. The number of benzene rings is 1. The third-order valence-corrected chi connectivity index (χ3v) is 3.58. The summed E-state index contributed by atoms with van der Waals surface area (Å²) in [7, 11) is 2.01. The standard InChI is InChI=1S/C13H18BrNO/c1-15-9-11-5-3-7-16-13(11)10-4-2-6-12(14)8-10/h2,4,6,8,11,13,15H,3,5,7,9H2,1H3. The lowest BCUT2D eigenvalue weighted by Gasteiger charge is -2.32. The molecule has 1 aromatic carbocycles. The molecule has 0 aliphatic carbocycles. The molecule has 0 aromatic heterocycles. The summed E-state index contributed by atoms with van der Waals surface area (Å²) in [5, 5.41) is 3.26. The Bertz CT molecular complexity index is 340. The highest BCUT2D eigenvalue weighted by Crippen LogP contribution is 2.34. The molecular formula is C13H18BrNO. The van der Waals surface area contributed by atoms with Crippen molar-refractivity contribution in [2.24, 2.45) is 5.92 Å². The maximum absolute atomic E-state index is 5.92. The van der Waals surface area contributed by atoms with Gasteiger partial charge in [0.25, 0.3) is 0 Å². The van der Waals surface area contributed by atoms with Crippen LogP contribution in [0, 0.1) is 5.92 Å². The van der Waals surface area contributed by atoms with E-state index in [0.717, 1.165) is 17.6 Å². The van der Waals surface area contributed by atoms with Gasteiger partial charge in [0, 0.05) is 23.5 Å². The molecule has 16 heavy (non-hydrogen) atoms. The van der Waals surface area contributed by atoms with Gasteiger partial charge in [0.15, 0.2) is 0 Å². The lowest BCUT2D eigenvalue weighted by Crippen LogP contribution is -2.30. The van der Waals surface area contributed by atoms with Gasteiger partial charge in [-0.25, -0.2) is 0 Å². The van der Waals surface area contributed by atoms with Crippen LogP contribution >= 0.6 is 15.9 Å². The van der Waals surface area contributed by atoms with Crippen molar-refractivity contribution in [1.82, 2.24) is 5.32 Å². The molecule has 88 valence electrons. The first kappa shape index (κ1) is 12.1. The summed E-state index contributed by atoms with van der Waals surface area (Å²) >= 11 is 3.52. The van der Waals surface area contributed by atoms with Crippen LogP contribution in [0.4, 0.5) is 0 Å². The Morgan fingerprint density at radius 2 is 2.38 bits per heavy atom. The molecule has 1 aromatic rings. The number of hydrogen-bond donors (Lipinski definition) is 1. The fourth-order valence-electron chi connectivity index (χ4n) is 2.37. The van der Waals surface area contributed by atoms with E-state index in [9.17, 15) is 0 Å². The van der Waals surface area contributed by atoms with Crippen LogP contribution in [0.15, 0.2) is 28.7 Å². The van der Waals surface area contributed by atoms with E-state index in [0.29, 0.717) is 5.92 Å². The number of rotatable bonds is 3. The van der Waals surface area contributed by atoms with Crippen LogP contribution in [-0.4, -0.2) is 20.2 Å². The number of ether oxygens (including phenoxy) is 1. The molecule has 0 saturated carbocycles. The maximum Gasteiger partial charge on any atom is 0.0865 e. The zero-order valence-electron chi connectivity index (χ0n) is 9.58. The van der Waals surface area contributed by atoms with Crippen molar-refractivity contribution in [2.75, 3.05) is 20.2 Å². The maximum atomic E-state index is 5.92. The highest BCUT2D eigenvalue weighted by molar-refractivity contribution is 9.10.